The quantitative estimate of drug-likeness (QED) is 0.386. The van der Waals surface area contributed by atoms with Gasteiger partial charge in [0.15, 0.2) is 0 Å². The van der Waals surface area contributed by atoms with Crippen LogP contribution in [0.1, 0.15) is 35.5 Å². The van der Waals surface area contributed by atoms with Crippen molar-refractivity contribution in [3.05, 3.63) is 76.6 Å². The average Bonchev–Trinajstić information content (AvgIpc) is 2.86. The maximum atomic E-state index is 13.4. The number of nitrogens with two attached hydrogens (primary N) is 1. The van der Waals surface area contributed by atoms with Gasteiger partial charge in [-0.15, -0.1) is 0 Å². The van der Waals surface area contributed by atoms with Crippen LogP contribution in [0.2, 0.25) is 5.02 Å². The molecular formula is C26H25ClF3N3O4. The van der Waals surface area contributed by atoms with Gasteiger partial charge in [-0.3, -0.25) is 14.6 Å². The molecule has 0 saturated carbocycles. The standard InChI is InChI=1S/C26H25ClF3N3O4/c1-25(2,24(35)36)14-37-21-7-5-4-6-20(21)33(3)23(34)15-8-9-19(27)17(10-15)18-13-32-22(26(28,29)30)11-16(18)12-31/h4-11,13H,12,14,31H2,1-3H3,(H,35,36). The first-order valence-corrected chi connectivity index (χ1v) is 11.4. The monoisotopic (exact) mass is 535 g/mol. The van der Waals surface area contributed by atoms with Crippen molar-refractivity contribution in [2.75, 3.05) is 18.6 Å². The second-order valence-electron chi connectivity index (χ2n) is 8.93. The van der Waals surface area contributed by atoms with Gasteiger partial charge < -0.3 is 20.5 Å². The van der Waals surface area contributed by atoms with Crippen LogP contribution in [0.15, 0.2) is 54.7 Å². The van der Waals surface area contributed by atoms with Gasteiger partial charge in [0.2, 0.25) is 0 Å². The van der Waals surface area contributed by atoms with Crippen molar-refractivity contribution in [3.8, 4) is 16.9 Å². The fourth-order valence-electron chi connectivity index (χ4n) is 3.41. The highest BCUT2D eigenvalue weighted by Crippen LogP contribution is 2.36. The minimum atomic E-state index is -4.64. The van der Waals surface area contributed by atoms with Crippen LogP contribution >= 0.6 is 11.6 Å². The predicted octanol–water partition coefficient (Wildman–Crippen LogP) is 5.65. The summed E-state index contributed by atoms with van der Waals surface area (Å²) in [5, 5.41) is 9.55. The van der Waals surface area contributed by atoms with Crippen molar-refractivity contribution in [1.29, 1.82) is 0 Å². The normalized spacial score (nSPS) is 11.8. The molecule has 0 unspecified atom stereocenters. The summed E-state index contributed by atoms with van der Waals surface area (Å²) >= 11 is 6.34. The summed E-state index contributed by atoms with van der Waals surface area (Å²) in [4.78, 5) is 29.6. The number of carbonyl (C=O) groups excluding carboxylic acids is 1. The SMILES string of the molecule is CN(C(=O)c1ccc(Cl)c(-c2cnc(C(F)(F)F)cc2CN)c1)c1ccccc1OCC(C)(C)C(=O)O. The number of amides is 1. The number of aliphatic carboxylic acids is 1. The number of carboxylic acid groups (broad SMARTS) is 1. The Morgan fingerprint density at radius 2 is 1.78 bits per heavy atom. The van der Waals surface area contributed by atoms with Gasteiger partial charge in [-0.25, -0.2) is 0 Å². The third-order valence-electron chi connectivity index (χ3n) is 5.70. The largest absolute Gasteiger partial charge is 0.490 e. The van der Waals surface area contributed by atoms with E-state index in [1.54, 1.807) is 24.3 Å². The maximum Gasteiger partial charge on any atom is 0.433 e. The van der Waals surface area contributed by atoms with E-state index >= 15 is 0 Å². The van der Waals surface area contributed by atoms with Crippen molar-refractivity contribution in [3.63, 3.8) is 0 Å². The molecule has 1 amide bonds. The zero-order chi connectivity index (χ0) is 27.5. The summed E-state index contributed by atoms with van der Waals surface area (Å²) in [6, 6.07) is 11.9. The van der Waals surface area contributed by atoms with Crippen LogP contribution in [-0.2, 0) is 17.5 Å². The lowest BCUT2D eigenvalue weighted by Crippen LogP contribution is -2.31. The highest BCUT2D eigenvalue weighted by molar-refractivity contribution is 6.33. The molecule has 196 valence electrons. The van der Waals surface area contributed by atoms with Crippen molar-refractivity contribution in [2.24, 2.45) is 11.1 Å². The third kappa shape index (κ3) is 6.20. The van der Waals surface area contributed by atoms with E-state index in [1.807, 2.05) is 0 Å². The molecule has 0 fully saturated rings. The molecule has 0 radical (unpaired) electrons. The molecule has 0 aliphatic carbocycles. The molecule has 3 N–H and O–H groups in total. The maximum absolute atomic E-state index is 13.4. The fraction of sp³-hybridized carbons (Fsp3) is 0.269. The fourth-order valence-corrected chi connectivity index (χ4v) is 3.63. The van der Waals surface area contributed by atoms with Crippen molar-refractivity contribution < 1.29 is 32.6 Å². The van der Waals surface area contributed by atoms with Gasteiger partial charge in [0.25, 0.3) is 5.91 Å². The molecule has 1 aromatic heterocycles. The highest BCUT2D eigenvalue weighted by Gasteiger charge is 2.33. The number of pyridine rings is 1. The number of anilines is 1. The Labute approximate surface area is 216 Å². The van der Waals surface area contributed by atoms with Gasteiger partial charge in [-0.05, 0) is 55.8 Å². The summed E-state index contributed by atoms with van der Waals surface area (Å²) in [6.45, 7) is 2.71. The number of benzene rings is 2. The Morgan fingerprint density at radius 3 is 2.41 bits per heavy atom. The van der Waals surface area contributed by atoms with Gasteiger partial charge in [0.1, 0.15) is 18.1 Å². The Hall–Kier alpha value is -3.63. The van der Waals surface area contributed by atoms with E-state index < -0.39 is 29.2 Å². The van der Waals surface area contributed by atoms with Gasteiger partial charge in [0.05, 0.1) is 11.1 Å². The number of rotatable bonds is 8. The molecule has 0 saturated heterocycles. The molecule has 1 heterocycles. The van der Waals surface area contributed by atoms with E-state index in [9.17, 15) is 27.9 Å². The van der Waals surface area contributed by atoms with E-state index in [0.717, 1.165) is 12.3 Å². The molecule has 0 atom stereocenters. The van der Waals surface area contributed by atoms with Crippen LogP contribution in [0.25, 0.3) is 11.1 Å². The minimum Gasteiger partial charge on any atom is -0.490 e. The molecule has 2 aromatic carbocycles. The number of para-hydroxylation sites is 2. The minimum absolute atomic E-state index is 0.130. The Bertz CT molecular complexity index is 1330. The topological polar surface area (TPSA) is 106 Å². The first-order valence-electron chi connectivity index (χ1n) is 11.1. The van der Waals surface area contributed by atoms with E-state index in [1.165, 1.54) is 44.0 Å². The Balaban J connectivity index is 1.96. The second kappa shape index (κ2) is 10.8. The molecule has 11 heteroatoms. The Morgan fingerprint density at radius 1 is 1.11 bits per heavy atom. The third-order valence-corrected chi connectivity index (χ3v) is 6.03. The number of aromatic nitrogens is 1. The lowest BCUT2D eigenvalue weighted by molar-refractivity contribution is -0.148. The molecule has 0 aliphatic rings. The molecule has 3 rings (SSSR count). The zero-order valence-electron chi connectivity index (χ0n) is 20.3. The summed E-state index contributed by atoms with van der Waals surface area (Å²) in [7, 11) is 1.52. The summed E-state index contributed by atoms with van der Waals surface area (Å²) in [6.07, 6.45) is -3.60. The van der Waals surface area contributed by atoms with Crippen LogP contribution in [0, 0.1) is 5.41 Å². The molecule has 37 heavy (non-hydrogen) atoms. The van der Waals surface area contributed by atoms with Crippen LogP contribution < -0.4 is 15.4 Å². The number of hydrogen-bond donors (Lipinski definition) is 2. The number of ether oxygens (including phenoxy) is 1. The first kappa shape index (κ1) is 27.9. The predicted molar refractivity (Wildman–Crippen MR) is 134 cm³/mol. The Kier molecular flexibility index (Phi) is 8.14. The van der Waals surface area contributed by atoms with Gasteiger partial charge in [-0.1, -0.05) is 23.7 Å². The van der Waals surface area contributed by atoms with Crippen LogP contribution in [0.4, 0.5) is 18.9 Å². The first-order chi connectivity index (χ1) is 17.3. The molecular weight excluding hydrogens is 511 g/mol. The lowest BCUT2D eigenvalue weighted by atomic mass is 9.95. The van der Waals surface area contributed by atoms with Crippen LogP contribution in [0.5, 0.6) is 5.75 Å². The summed E-state index contributed by atoms with van der Waals surface area (Å²) in [5.74, 6) is -1.18. The summed E-state index contributed by atoms with van der Waals surface area (Å²) in [5.41, 5.74) is 4.80. The summed E-state index contributed by atoms with van der Waals surface area (Å²) < 4.78 is 45.1. The molecule has 0 aliphatic heterocycles. The van der Waals surface area contributed by atoms with E-state index in [0.29, 0.717) is 17.0 Å². The second-order valence-corrected chi connectivity index (χ2v) is 9.34. The van der Waals surface area contributed by atoms with Crippen molar-refractivity contribution in [2.45, 2.75) is 26.6 Å². The molecule has 0 spiro atoms. The molecule has 7 nitrogen and oxygen atoms in total. The average molecular weight is 536 g/mol. The van der Waals surface area contributed by atoms with Gasteiger partial charge in [0, 0.05) is 41.5 Å². The zero-order valence-corrected chi connectivity index (χ0v) is 21.0. The smallest absolute Gasteiger partial charge is 0.433 e. The van der Waals surface area contributed by atoms with E-state index in [4.69, 9.17) is 22.1 Å². The van der Waals surface area contributed by atoms with Crippen molar-refractivity contribution in [1.82, 2.24) is 4.98 Å². The lowest BCUT2D eigenvalue weighted by Gasteiger charge is -2.24. The number of halogens is 4. The van der Waals surface area contributed by atoms with Gasteiger partial charge >= 0.3 is 12.1 Å². The molecule has 0 bridgehead atoms. The van der Waals surface area contributed by atoms with Crippen LogP contribution in [0.3, 0.4) is 0 Å². The van der Waals surface area contributed by atoms with Crippen LogP contribution in [-0.4, -0.2) is 35.6 Å². The van der Waals surface area contributed by atoms with E-state index in [2.05, 4.69) is 4.98 Å². The van der Waals surface area contributed by atoms with Crippen molar-refractivity contribution >= 4 is 29.2 Å². The number of nitrogens with zero attached hydrogens (tertiary/aromatic N) is 2. The van der Waals surface area contributed by atoms with Gasteiger partial charge in [-0.2, -0.15) is 13.2 Å². The molecule has 3 aromatic rings. The number of alkyl halides is 3. The number of carbonyl (C=O) groups is 2. The number of hydrogen-bond acceptors (Lipinski definition) is 5. The number of carboxylic acids is 1. The van der Waals surface area contributed by atoms with E-state index in [-0.39, 0.29) is 34.9 Å². The highest BCUT2D eigenvalue weighted by atomic mass is 35.5.